The lowest BCUT2D eigenvalue weighted by Gasteiger charge is -2.47. The van der Waals surface area contributed by atoms with E-state index in [0.29, 0.717) is 0 Å². The summed E-state index contributed by atoms with van der Waals surface area (Å²) in [6.07, 6.45) is 1.13. The van der Waals surface area contributed by atoms with Gasteiger partial charge in [0.2, 0.25) is 0 Å². The van der Waals surface area contributed by atoms with Gasteiger partial charge in [0.05, 0.1) is 0 Å². The van der Waals surface area contributed by atoms with E-state index < -0.39 is 15.4 Å². The van der Waals surface area contributed by atoms with Crippen LogP contribution in [-0.4, -0.2) is 86.6 Å². The molecule has 0 saturated carbocycles. The zero-order valence-corrected chi connectivity index (χ0v) is 18.5. The normalized spacial score (nSPS) is 24.6. The number of nitrogens with one attached hydrogen (secondary N) is 2. The lowest BCUT2D eigenvalue weighted by atomic mass is 10.1. The Balaban J connectivity index is 3.40. The first-order chi connectivity index (χ1) is 10.4. The van der Waals surface area contributed by atoms with E-state index in [0.717, 1.165) is 19.5 Å². The molecule has 1 unspecified atom stereocenters. The second kappa shape index (κ2) is 7.76. The van der Waals surface area contributed by atoms with Gasteiger partial charge in [-0.2, -0.15) is 0 Å². The van der Waals surface area contributed by atoms with Gasteiger partial charge in [-0.3, -0.25) is 9.83 Å². The van der Waals surface area contributed by atoms with E-state index in [1.54, 1.807) is 0 Å². The first-order valence-electron chi connectivity index (χ1n) is 8.18. The number of rotatable bonds is 6. The predicted molar refractivity (Wildman–Crippen MR) is 105 cm³/mol. The van der Waals surface area contributed by atoms with Crippen molar-refractivity contribution in [2.75, 3.05) is 62.4 Å². The van der Waals surface area contributed by atoms with E-state index >= 15 is 0 Å². The maximum Gasteiger partial charge on any atom is 0.311 e. The molecular weight excluding hydrogens is 328 g/mol. The van der Waals surface area contributed by atoms with Crippen LogP contribution >= 0.6 is 15.4 Å². The van der Waals surface area contributed by atoms with Crippen molar-refractivity contribution >= 4 is 15.4 Å². The minimum Gasteiger partial charge on any atom is -0.258 e. The third-order valence-electron chi connectivity index (χ3n) is 3.88. The molecule has 1 aliphatic heterocycles. The van der Waals surface area contributed by atoms with Gasteiger partial charge in [-0.15, -0.1) is 14.0 Å². The SMILES string of the molecule is CN1CCCN=P1(NC(C)(C)C)N[P+](N(C)C)(N(C)C)N(C)C. The summed E-state index contributed by atoms with van der Waals surface area (Å²) in [5.41, 5.74) is -0.00350. The molecule has 0 saturated heterocycles. The summed E-state index contributed by atoms with van der Waals surface area (Å²) in [6, 6.07) is 0. The molecule has 0 amide bonds. The van der Waals surface area contributed by atoms with Crippen LogP contribution in [0.5, 0.6) is 0 Å². The summed E-state index contributed by atoms with van der Waals surface area (Å²) in [6.45, 7) is 8.64. The second-order valence-electron chi connectivity index (χ2n) is 7.77. The minimum atomic E-state index is -2.00. The molecule has 1 aliphatic rings. The average molecular weight is 366 g/mol. The summed E-state index contributed by atoms with van der Waals surface area (Å²) in [7, 11) is 11.2. The molecule has 0 aromatic rings. The molecular formula is C14H38N7P2+. The Hall–Kier alpha value is 0.420. The Morgan fingerprint density at radius 2 is 1.48 bits per heavy atom. The molecule has 0 aromatic heterocycles. The lowest BCUT2D eigenvalue weighted by Crippen LogP contribution is -2.50. The van der Waals surface area contributed by atoms with Crippen molar-refractivity contribution in [3.63, 3.8) is 0 Å². The predicted octanol–water partition coefficient (Wildman–Crippen LogP) is 2.61. The summed E-state index contributed by atoms with van der Waals surface area (Å²) in [4.78, 5) is 4.04. The molecule has 0 radical (unpaired) electrons. The fourth-order valence-electron chi connectivity index (χ4n) is 3.02. The molecule has 0 aromatic carbocycles. The summed E-state index contributed by atoms with van der Waals surface area (Å²) >= 11 is 0. The number of hydrogen-bond donors (Lipinski definition) is 2. The summed E-state index contributed by atoms with van der Waals surface area (Å²) in [5.74, 6) is 0. The van der Waals surface area contributed by atoms with Crippen molar-refractivity contribution in [2.45, 2.75) is 32.7 Å². The molecule has 1 rings (SSSR count). The van der Waals surface area contributed by atoms with Crippen LogP contribution in [0, 0.1) is 0 Å². The van der Waals surface area contributed by atoms with Gasteiger partial charge in [0.25, 0.3) is 0 Å². The van der Waals surface area contributed by atoms with E-state index in [2.05, 4.69) is 98.7 Å². The standard InChI is InChI=1S/C14H38N7P2/c1-14(2,3)16-22(15-12-11-13-21(22)10)17-23(18(4)5,19(6)7)20(8)9/h16-17H,11-13H2,1-10H3/q+1. The molecule has 1 heterocycles. The van der Waals surface area contributed by atoms with Crippen molar-refractivity contribution in [1.29, 1.82) is 0 Å². The largest absolute Gasteiger partial charge is 0.311 e. The topological polar surface area (TPSA) is 49.4 Å². The molecule has 7 nitrogen and oxygen atoms in total. The van der Waals surface area contributed by atoms with Crippen LogP contribution in [0.2, 0.25) is 0 Å². The minimum absolute atomic E-state index is 0.00350. The fourth-order valence-corrected chi connectivity index (χ4v) is 12.1. The van der Waals surface area contributed by atoms with Crippen LogP contribution in [0.3, 0.4) is 0 Å². The highest BCUT2D eigenvalue weighted by atomic mass is 31.3. The van der Waals surface area contributed by atoms with Gasteiger partial charge in [0, 0.05) is 60.9 Å². The van der Waals surface area contributed by atoms with Crippen molar-refractivity contribution in [1.82, 2.24) is 28.6 Å². The average Bonchev–Trinajstić information content (AvgIpc) is 2.36. The lowest BCUT2D eigenvalue weighted by molar-refractivity contribution is 0.431. The van der Waals surface area contributed by atoms with Crippen molar-refractivity contribution in [3.8, 4) is 0 Å². The van der Waals surface area contributed by atoms with Gasteiger partial charge in [0.15, 0.2) is 7.51 Å². The summed E-state index contributed by atoms with van der Waals surface area (Å²) < 4.78 is 14.5. The van der Waals surface area contributed by atoms with Gasteiger partial charge in [0.1, 0.15) is 0 Å². The molecule has 1 atom stereocenters. The van der Waals surface area contributed by atoms with Crippen LogP contribution in [0.15, 0.2) is 4.74 Å². The second-order valence-corrected chi connectivity index (χ2v) is 14.5. The van der Waals surface area contributed by atoms with E-state index in [1.165, 1.54) is 0 Å². The Labute approximate surface area is 144 Å². The Kier molecular flexibility index (Phi) is 7.24. The highest BCUT2D eigenvalue weighted by molar-refractivity contribution is 7.79. The van der Waals surface area contributed by atoms with Gasteiger partial charge in [-0.1, -0.05) is 4.86 Å². The number of hydrogen-bond acceptors (Lipinski definition) is 7. The van der Waals surface area contributed by atoms with Gasteiger partial charge >= 0.3 is 7.87 Å². The molecule has 23 heavy (non-hydrogen) atoms. The highest BCUT2D eigenvalue weighted by Crippen LogP contribution is 2.68. The van der Waals surface area contributed by atoms with Gasteiger partial charge < -0.3 is 0 Å². The Bertz CT molecular complexity index is 421. The highest BCUT2D eigenvalue weighted by Gasteiger charge is 2.54. The van der Waals surface area contributed by atoms with Crippen LogP contribution < -0.4 is 9.95 Å². The van der Waals surface area contributed by atoms with E-state index in [9.17, 15) is 0 Å². The first kappa shape index (κ1) is 21.5. The monoisotopic (exact) mass is 366 g/mol. The van der Waals surface area contributed by atoms with E-state index in [4.69, 9.17) is 4.74 Å². The molecule has 0 bridgehead atoms. The van der Waals surface area contributed by atoms with Crippen molar-refractivity contribution in [2.24, 2.45) is 4.74 Å². The van der Waals surface area contributed by atoms with E-state index in [-0.39, 0.29) is 5.54 Å². The van der Waals surface area contributed by atoms with Crippen LogP contribution in [0.4, 0.5) is 0 Å². The van der Waals surface area contributed by atoms with Crippen LogP contribution in [0.1, 0.15) is 27.2 Å². The first-order valence-corrected chi connectivity index (χ1v) is 11.5. The van der Waals surface area contributed by atoms with E-state index in [1.807, 2.05) is 0 Å². The van der Waals surface area contributed by atoms with Crippen LogP contribution in [0.25, 0.3) is 0 Å². The fraction of sp³-hybridized carbons (Fsp3) is 1.00. The smallest absolute Gasteiger partial charge is 0.258 e. The van der Waals surface area contributed by atoms with Gasteiger partial charge in [-0.25, -0.2) is 4.67 Å². The zero-order chi connectivity index (χ0) is 18.1. The molecule has 9 heteroatoms. The van der Waals surface area contributed by atoms with Crippen molar-refractivity contribution in [3.05, 3.63) is 0 Å². The molecule has 0 spiro atoms. The van der Waals surface area contributed by atoms with Gasteiger partial charge in [-0.05, 0) is 34.2 Å². The number of nitrogens with zero attached hydrogens (tertiary/aromatic N) is 5. The Morgan fingerprint density at radius 1 is 1.00 bits per heavy atom. The molecule has 0 fully saturated rings. The molecule has 2 N–H and O–H groups in total. The summed E-state index contributed by atoms with van der Waals surface area (Å²) in [5, 5.41) is 3.85. The quantitative estimate of drug-likeness (QED) is 0.705. The maximum atomic E-state index is 5.12. The van der Waals surface area contributed by atoms with Crippen LogP contribution in [-0.2, 0) is 0 Å². The third kappa shape index (κ3) is 4.74. The zero-order valence-electron chi connectivity index (χ0n) is 16.8. The third-order valence-corrected chi connectivity index (χ3v) is 12.2. The molecule has 138 valence electrons. The van der Waals surface area contributed by atoms with Crippen molar-refractivity contribution < 1.29 is 0 Å². The molecule has 0 aliphatic carbocycles. The Morgan fingerprint density at radius 3 is 1.83 bits per heavy atom. The maximum absolute atomic E-state index is 5.12.